The number of hydrogen-bond acceptors (Lipinski definition) is 1. The monoisotopic (exact) mass is 195 g/mol. The molecule has 1 heterocycles. The SMILES string of the molecule is CC(CC1CCNCC1C)C1CCC1. The number of nitrogens with one attached hydrogen (secondary N) is 1. The summed E-state index contributed by atoms with van der Waals surface area (Å²) in [6.45, 7) is 7.41. The molecule has 2 fully saturated rings. The van der Waals surface area contributed by atoms with Crippen molar-refractivity contribution in [1.29, 1.82) is 0 Å². The van der Waals surface area contributed by atoms with Crippen molar-refractivity contribution < 1.29 is 0 Å². The van der Waals surface area contributed by atoms with Crippen LogP contribution in [0.15, 0.2) is 0 Å². The van der Waals surface area contributed by atoms with E-state index in [1.54, 1.807) is 0 Å². The lowest BCUT2D eigenvalue weighted by Crippen LogP contribution is -2.36. The maximum absolute atomic E-state index is 3.49. The van der Waals surface area contributed by atoms with E-state index in [2.05, 4.69) is 19.2 Å². The van der Waals surface area contributed by atoms with E-state index in [4.69, 9.17) is 0 Å². The van der Waals surface area contributed by atoms with Gasteiger partial charge in [0.15, 0.2) is 0 Å². The highest BCUT2D eigenvalue weighted by Gasteiger charge is 2.28. The molecule has 1 saturated carbocycles. The molecule has 0 amide bonds. The molecule has 0 aromatic heterocycles. The molecule has 0 bridgehead atoms. The average molecular weight is 195 g/mol. The van der Waals surface area contributed by atoms with E-state index >= 15 is 0 Å². The maximum atomic E-state index is 3.49. The van der Waals surface area contributed by atoms with Gasteiger partial charge in [-0.1, -0.05) is 33.1 Å². The van der Waals surface area contributed by atoms with Crippen molar-refractivity contribution in [3.8, 4) is 0 Å². The normalized spacial score (nSPS) is 36.4. The van der Waals surface area contributed by atoms with Gasteiger partial charge < -0.3 is 5.32 Å². The molecule has 0 aromatic rings. The van der Waals surface area contributed by atoms with Crippen LogP contribution >= 0.6 is 0 Å². The van der Waals surface area contributed by atoms with Crippen molar-refractivity contribution in [3.63, 3.8) is 0 Å². The molecule has 1 aliphatic carbocycles. The predicted molar refractivity (Wildman–Crippen MR) is 61.3 cm³/mol. The van der Waals surface area contributed by atoms with E-state index in [1.165, 1.54) is 45.2 Å². The van der Waals surface area contributed by atoms with Gasteiger partial charge in [0.25, 0.3) is 0 Å². The number of piperidine rings is 1. The summed E-state index contributed by atoms with van der Waals surface area (Å²) >= 11 is 0. The molecule has 1 heteroatoms. The number of hydrogen-bond donors (Lipinski definition) is 1. The van der Waals surface area contributed by atoms with Gasteiger partial charge >= 0.3 is 0 Å². The van der Waals surface area contributed by atoms with Crippen molar-refractivity contribution in [3.05, 3.63) is 0 Å². The molecule has 0 aromatic carbocycles. The highest BCUT2D eigenvalue weighted by molar-refractivity contribution is 4.81. The van der Waals surface area contributed by atoms with Gasteiger partial charge in [0.1, 0.15) is 0 Å². The highest BCUT2D eigenvalue weighted by atomic mass is 14.9. The van der Waals surface area contributed by atoms with Crippen LogP contribution in [-0.2, 0) is 0 Å². The zero-order valence-electron chi connectivity index (χ0n) is 9.76. The third kappa shape index (κ3) is 2.31. The van der Waals surface area contributed by atoms with Gasteiger partial charge in [-0.2, -0.15) is 0 Å². The quantitative estimate of drug-likeness (QED) is 0.730. The third-order valence-corrected chi connectivity index (χ3v) is 4.59. The molecule has 82 valence electrons. The second-order valence-electron chi connectivity index (χ2n) is 5.63. The van der Waals surface area contributed by atoms with E-state index in [0.717, 1.165) is 23.7 Å². The predicted octanol–water partition coefficient (Wildman–Crippen LogP) is 3.06. The minimum atomic E-state index is 0.909. The minimum Gasteiger partial charge on any atom is -0.316 e. The fraction of sp³-hybridized carbons (Fsp3) is 1.00. The Hall–Kier alpha value is -0.0400. The summed E-state index contributed by atoms with van der Waals surface area (Å²) in [5.74, 6) is 3.99. The second-order valence-corrected chi connectivity index (χ2v) is 5.63. The van der Waals surface area contributed by atoms with Gasteiger partial charge in [0.2, 0.25) is 0 Å². The van der Waals surface area contributed by atoms with Gasteiger partial charge in [-0.05, 0) is 49.6 Å². The minimum absolute atomic E-state index is 0.909. The molecule has 0 spiro atoms. The zero-order valence-corrected chi connectivity index (χ0v) is 9.76. The second kappa shape index (κ2) is 4.65. The van der Waals surface area contributed by atoms with Crippen LogP contribution in [0.3, 0.4) is 0 Å². The van der Waals surface area contributed by atoms with E-state index in [-0.39, 0.29) is 0 Å². The summed E-state index contributed by atoms with van der Waals surface area (Å²) in [5.41, 5.74) is 0. The first-order valence-corrected chi connectivity index (χ1v) is 6.48. The van der Waals surface area contributed by atoms with Crippen molar-refractivity contribution in [2.45, 2.75) is 46.0 Å². The molecule has 3 unspecified atom stereocenters. The third-order valence-electron chi connectivity index (χ3n) is 4.59. The first-order valence-electron chi connectivity index (χ1n) is 6.48. The first kappa shape index (κ1) is 10.5. The lowest BCUT2D eigenvalue weighted by molar-refractivity contribution is 0.152. The Morgan fingerprint density at radius 3 is 2.64 bits per heavy atom. The molecule has 0 radical (unpaired) electrons. The fourth-order valence-corrected chi connectivity index (χ4v) is 3.10. The summed E-state index contributed by atoms with van der Waals surface area (Å²) in [6, 6.07) is 0. The largest absolute Gasteiger partial charge is 0.316 e. The van der Waals surface area contributed by atoms with Crippen molar-refractivity contribution in [2.24, 2.45) is 23.7 Å². The first-order chi connectivity index (χ1) is 6.77. The molecule has 2 aliphatic rings. The van der Waals surface area contributed by atoms with E-state index in [1.807, 2.05) is 0 Å². The van der Waals surface area contributed by atoms with Crippen LogP contribution in [0.2, 0.25) is 0 Å². The van der Waals surface area contributed by atoms with E-state index in [0.29, 0.717) is 0 Å². The molecule has 1 aliphatic heterocycles. The molecular weight excluding hydrogens is 170 g/mol. The summed E-state index contributed by atoms with van der Waals surface area (Å²) < 4.78 is 0. The Kier molecular flexibility index (Phi) is 3.48. The Labute approximate surface area is 88.7 Å². The summed E-state index contributed by atoms with van der Waals surface area (Å²) in [7, 11) is 0. The van der Waals surface area contributed by atoms with Crippen LogP contribution in [0.1, 0.15) is 46.0 Å². The fourth-order valence-electron chi connectivity index (χ4n) is 3.10. The van der Waals surface area contributed by atoms with Crippen LogP contribution in [0.25, 0.3) is 0 Å². The van der Waals surface area contributed by atoms with Crippen molar-refractivity contribution in [1.82, 2.24) is 5.32 Å². The topological polar surface area (TPSA) is 12.0 Å². The summed E-state index contributed by atoms with van der Waals surface area (Å²) in [5, 5.41) is 3.49. The maximum Gasteiger partial charge on any atom is -0.00205 e. The molecular formula is C13H25N. The zero-order chi connectivity index (χ0) is 9.97. The van der Waals surface area contributed by atoms with Gasteiger partial charge in [-0.25, -0.2) is 0 Å². The van der Waals surface area contributed by atoms with E-state index < -0.39 is 0 Å². The molecule has 1 saturated heterocycles. The smallest absolute Gasteiger partial charge is 0.00205 e. The molecule has 14 heavy (non-hydrogen) atoms. The molecule has 1 nitrogen and oxygen atoms in total. The Balaban J connectivity index is 1.76. The Bertz CT molecular complexity index is 174. The number of rotatable bonds is 3. The van der Waals surface area contributed by atoms with Crippen LogP contribution in [0.5, 0.6) is 0 Å². The van der Waals surface area contributed by atoms with Crippen LogP contribution in [-0.4, -0.2) is 13.1 Å². The Morgan fingerprint density at radius 2 is 2.07 bits per heavy atom. The molecule has 2 rings (SSSR count). The average Bonchev–Trinajstić information content (AvgIpc) is 2.05. The van der Waals surface area contributed by atoms with Crippen molar-refractivity contribution in [2.75, 3.05) is 13.1 Å². The van der Waals surface area contributed by atoms with E-state index in [9.17, 15) is 0 Å². The lowest BCUT2D eigenvalue weighted by atomic mass is 9.71. The van der Waals surface area contributed by atoms with Gasteiger partial charge in [0.05, 0.1) is 0 Å². The Morgan fingerprint density at radius 1 is 1.29 bits per heavy atom. The molecule has 1 N–H and O–H groups in total. The summed E-state index contributed by atoms with van der Waals surface area (Å²) in [4.78, 5) is 0. The highest BCUT2D eigenvalue weighted by Crippen LogP contribution is 2.38. The molecule has 3 atom stereocenters. The van der Waals surface area contributed by atoms with Gasteiger partial charge in [0, 0.05) is 0 Å². The van der Waals surface area contributed by atoms with Crippen LogP contribution in [0.4, 0.5) is 0 Å². The van der Waals surface area contributed by atoms with Gasteiger partial charge in [-0.3, -0.25) is 0 Å². The lowest BCUT2D eigenvalue weighted by Gasteiger charge is -2.37. The van der Waals surface area contributed by atoms with Crippen LogP contribution in [0, 0.1) is 23.7 Å². The summed E-state index contributed by atoms with van der Waals surface area (Å²) in [6.07, 6.45) is 7.43. The van der Waals surface area contributed by atoms with Crippen LogP contribution < -0.4 is 5.32 Å². The standard InChI is InChI=1S/C13H25N/c1-10(12-4-3-5-12)8-13-6-7-14-9-11(13)2/h10-14H,3-9H2,1-2H3. The van der Waals surface area contributed by atoms with Crippen molar-refractivity contribution >= 4 is 0 Å². The van der Waals surface area contributed by atoms with Gasteiger partial charge in [-0.15, -0.1) is 0 Å².